The van der Waals surface area contributed by atoms with Gasteiger partial charge in [0.1, 0.15) is 5.52 Å². The Bertz CT molecular complexity index is 678. The Hall–Kier alpha value is -1.78. The van der Waals surface area contributed by atoms with Crippen LogP contribution in [0.4, 0.5) is 0 Å². The second-order valence-corrected chi connectivity index (χ2v) is 6.14. The number of aromatic nitrogens is 1. The monoisotopic (exact) mass is 298 g/mol. The maximum atomic E-state index is 6.40. The highest BCUT2D eigenvalue weighted by Crippen LogP contribution is 2.34. The first-order chi connectivity index (χ1) is 10.3. The third kappa shape index (κ3) is 3.12. The maximum Gasteiger partial charge on any atom is 0.257 e. The van der Waals surface area contributed by atoms with Crippen LogP contribution in [-0.2, 0) is 0 Å². The minimum absolute atomic E-state index is 0.0313. The first kappa shape index (κ1) is 14.2. The zero-order valence-corrected chi connectivity index (χ0v) is 12.7. The largest absolute Gasteiger partial charge is 0.431 e. The van der Waals surface area contributed by atoms with Gasteiger partial charge in [0.2, 0.25) is 0 Å². The van der Waals surface area contributed by atoms with E-state index in [-0.39, 0.29) is 11.3 Å². The highest BCUT2D eigenvalue weighted by atomic mass is 32.2. The summed E-state index contributed by atoms with van der Waals surface area (Å²) in [5.41, 5.74) is 9.26. The van der Waals surface area contributed by atoms with Gasteiger partial charge in [0.15, 0.2) is 5.58 Å². The molecule has 0 aliphatic rings. The molecule has 3 nitrogen and oxygen atoms in total. The van der Waals surface area contributed by atoms with Gasteiger partial charge in [0, 0.05) is 11.3 Å². The number of hydrogen-bond donors (Lipinski definition) is 1. The molecular formula is C17H18N2OS. The fourth-order valence-corrected chi connectivity index (χ4v) is 3.35. The number of nitrogens with zero attached hydrogens (tertiary/aromatic N) is 1. The predicted octanol–water partition coefficient (Wildman–Crippen LogP) is 4.40. The van der Waals surface area contributed by atoms with Gasteiger partial charge in [-0.1, -0.05) is 61.2 Å². The van der Waals surface area contributed by atoms with Crippen molar-refractivity contribution in [1.82, 2.24) is 4.98 Å². The molecule has 0 saturated carbocycles. The average Bonchev–Trinajstić information content (AvgIpc) is 2.95. The van der Waals surface area contributed by atoms with Crippen LogP contribution in [0.1, 0.15) is 24.9 Å². The molecule has 0 aliphatic carbocycles. The number of fused-ring (bicyclic) bond motifs is 1. The molecular weight excluding hydrogens is 280 g/mol. The van der Waals surface area contributed by atoms with Crippen LogP contribution in [0.5, 0.6) is 0 Å². The van der Waals surface area contributed by atoms with Gasteiger partial charge >= 0.3 is 0 Å². The van der Waals surface area contributed by atoms with Gasteiger partial charge in [-0.25, -0.2) is 4.98 Å². The number of oxazole rings is 1. The molecule has 108 valence electrons. The van der Waals surface area contributed by atoms with Crippen molar-refractivity contribution in [1.29, 1.82) is 0 Å². The predicted molar refractivity (Wildman–Crippen MR) is 87.3 cm³/mol. The summed E-state index contributed by atoms with van der Waals surface area (Å²) >= 11 is 1.61. The molecule has 4 heteroatoms. The minimum Gasteiger partial charge on any atom is -0.431 e. The van der Waals surface area contributed by atoms with Crippen molar-refractivity contribution >= 4 is 22.9 Å². The summed E-state index contributed by atoms with van der Waals surface area (Å²) in [7, 11) is 0. The molecule has 1 heterocycles. The van der Waals surface area contributed by atoms with E-state index in [0.717, 1.165) is 23.1 Å². The SMILES string of the molecule is CCC(Sc1nc2ccccc2o1)C(N)c1ccccc1. The lowest BCUT2D eigenvalue weighted by Crippen LogP contribution is -2.23. The molecule has 2 N–H and O–H groups in total. The van der Waals surface area contributed by atoms with Gasteiger partial charge < -0.3 is 10.2 Å². The van der Waals surface area contributed by atoms with Crippen molar-refractivity contribution in [3.63, 3.8) is 0 Å². The molecule has 2 aromatic carbocycles. The number of benzene rings is 2. The molecule has 2 unspecified atom stereocenters. The number of rotatable bonds is 5. The highest BCUT2D eigenvalue weighted by molar-refractivity contribution is 7.99. The Morgan fingerprint density at radius 3 is 2.52 bits per heavy atom. The topological polar surface area (TPSA) is 52.0 Å². The Kier molecular flexibility index (Phi) is 4.27. The first-order valence-corrected chi connectivity index (χ1v) is 7.98. The first-order valence-electron chi connectivity index (χ1n) is 7.10. The number of hydrogen-bond acceptors (Lipinski definition) is 4. The molecule has 21 heavy (non-hydrogen) atoms. The molecule has 0 spiro atoms. The smallest absolute Gasteiger partial charge is 0.257 e. The summed E-state index contributed by atoms with van der Waals surface area (Å²) < 4.78 is 5.78. The quantitative estimate of drug-likeness (QED) is 0.709. The Morgan fingerprint density at radius 1 is 1.10 bits per heavy atom. The Balaban J connectivity index is 1.80. The van der Waals surface area contributed by atoms with Crippen LogP contribution in [0.2, 0.25) is 0 Å². The second-order valence-electron chi connectivity index (χ2n) is 4.95. The summed E-state index contributed by atoms with van der Waals surface area (Å²) in [5, 5.41) is 0.926. The summed E-state index contributed by atoms with van der Waals surface area (Å²) in [6, 6.07) is 18.0. The lowest BCUT2D eigenvalue weighted by atomic mass is 10.0. The van der Waals surface area contributed by atoms with Crippen LogP contribution in [0, 0.1) is 0 Å². The van der Waals surface area contributed by atoms with E-state index >= 15 is 0 Å². The van der Waals surface area contributed by atoms with E-state index < -0.39 is 0 Å². The normalized spacial score (nSPS) is 14.2. The number of nitrogens with two attached hydrogens (primary N) is 1. The molecule has 0 bridgehead atoms. The highest BCUT2D eigenvalue weighted by Gasteiger charge is 2.21. The molecule has 0 radical (unpaired) electrons. The molecule has 0 saturated heterocycles. The van der Waals surface area contributed by atoms with E-state index in [2.05, 4.69) is 24.0 Å². The Morgan fingerprint density at radius 2 is 1.81 bits per heavy atom. The van der Waals surface area contributed by atoms with Crippen LogP contribution in [0.25, 0.3) is 11.1 Å². The van der Waals surface area contributed by atoms with Gasteiger partial charge in [0.05, 0.1) is 0 Å². The van der Waals surface area contributed by atoms with E-state index in [1.165, 1.54) is 0 Å². The average molecular weight is 298 g/mol. The van der Waals surface area contributed by atoms with E-state index in [0.29, 0.717) is 5.22 Å². The number of thioether (sulfide) groups is 1. The molecule has 0 aliphatic heterocycles. The summed E-state index contributed by atoms with van der Waals surface area (Å²) in [6.07, 6.45) is 0.958. The lowest BCUT2D eigenvalue weighted by Gasteiger charge is -2.20. The van der Waals surface area contributed by atoms with Crippen molar-refractivity contribution in [2.75, 3.05) is 0 Å². The van der Waals surface area contributed by atoms with E-state index in [1.54, 1.807) is 11.8 Å². The van der Waals surface area contributed by atoms with Gasteiger partial charge in [-0.2, -0.15) is 0 Å². The van der Waals surface area contributed by atoms with E-state index in [9.17, 15) is 0 Å². The summed E-state index contributed by atoms with van der Waals surface area (Å²) in [5.74, 6) is 0. The van der Waals surface area contributed by atoms with Gasteiger partial charge in [0.25, 0.3) is 5.22 Å². The molecule has 3 rings (SSSR count). The lowest BCUT2D eigenvalue weighted by molar-refractivity contribution is 0.485. The van der Waals surface area contributed by atoms with Crippen molar-refractivity contribution in [2.24, 2.45) is 5.73 Å². The molecule has 0 amide bonds. The fraction of sp³-hybridized carbons (Fsp3) is 0.235. The molecule has 0 fully saturated rings. The summed E-state index contributed by atoms with van der Waals surface area (Å²) in [6.45, 7) is 2.14. The standard InChI is InChI=1S/C17H18N2OS/c1-2-15(16(18)12-8-4-3-5-9-12)21-17-19-13-10-6-7-11-14(13)20-17/h3-11,15-16H,2,18H2,1H3. The zero-order valence-electron chi connectivity index (χ0n) is 11.9. The summed E-state index contributed by atoms with van der Waals surface area (Å²) in [4.78, 5) is 4.52. The van der Waals surface area contributed by atoms with Gasteiger partial charge in [-0.15, -0.1) is 0 Å². The van der Waals surface area contributed by atoms with Crippen LogP contribution >= 0.6 is 11.8 Å². The maximum absolute atomic E-state index is 6.40. The van der Waals surface area contributed by atoms with Crippen molar-refractivity contribution in [3.8, 4) is 0 Å². The number of para-hydroxylation sites is 2. The molecule has 1 aromatic heterocycles. The van der Waals surface area contributed by atoms with Crippen LogP contribution in [0.15, 0.2) is 64.2 Å². The van der Waals surface area contributed by atoms with Crippen LogP contribution in [-0.4, -0.2) is 10.2 Å². The zero-order chi connectivity index (χ0) is 14.7. The van der Waals surface area contributed by atoms with Crippen LogP contribution < -0.4 is 5.73 Å². The fourth-order valence-electron chi connectivity index (χ4n) is 2.33. The van der Waals surface area contributed by atoms with Crippen molar-refractivity contribution in [3.05, 3.63) is 60.2 Å². The van der Waals surface area contributed by atoms with E-state index in [1.807, 2.05) is 42.5 Å². The van der Waals surface area contributed by atoms with E-state index in [4.69, 9.17) is 10.2 Å². The Labute approximate surface area is 128 Å². The van der Waals surface area contributed by atoms with Crippen LogP contribution in [0.3, 0.4) is 0 Å². The van der Waals surface area contributed by atoms with Gasteiger partial charge in [-0.05, 0) is 24.1 Å². The van der Waals surface area contributed by atoms with Crippen molar-refractivity contribution < 1.29 is 4.42 Å². The molecule has 3 aromatic rings. The molecule has 2 atom stereocenters. The van der Waals surface area contributed by atoms with Gasteiger partial charge in [-0.3, -0.25) is 0 Å². The third-order valence-electron chi connectivity index (χ3n) is 3.51. The second kappa shape index (κ2) is 6.33. The van der Waals surface area contributed by atoms with Crippen molar-refractivity contribution in [2.45, 2.75) is 29.9 Å². The minimum atomic E-state index is -0.0313. The third-order valence-corrected chi connectivity index (χ3v) is 4.82.